The maximum atomic E-state index is 5.49. The van der Waals surface area contributed by atoms with E-state index in [1.54, 1.807) is 0 Å². The number of rotatable bonds is 4. The molecule has 0 unspecified atom stereocenters. The topological polar surface area (TPSA) is 18.5 Å². The van der Waals surface area contributed by atoms with Crippen molar-refractivity contribution in [1.82, 2.24) is 0 Å². The largest absolute Gasteiger partial charge is 0.350 e. The van der Waals surface area contributed by atoms with E-state index in [0.717, 1.165) is 13.0 Å². The zero-order valence-corrected chi connectivity index (χ0v) is 7.51. The zero-order chi connectivity index (χ0) is 8.10. The van der Waals surface area contributed by atoms with Gasteiger partial charge in [0.1, 0.15) is 0 Å². The number of ether oxygens (including phenoxy) is 2. The number of hydrogen-bond acceptors (Lipinski definition) is 2. The van der Waals surface area contributed by atoms with Crippen molar-refractivity contribution in [2.75, 3.05) is 6.61 Å². The molecule has 0 spiro atoms. The van der Waals surface area contributed by atoms with Gasteiger partial charge in [-0.1, -0.05) is 19.8 Å². The molecule has 0 aliphatic carbocycles. The van der Waals surface area contributed by atoms with Crippen LogP contribution in [0.4, 0.5) is 0 Å². The molecular weight excluding hydrogens is 140 g/mol. The Morgan fingerprint density at radius 2 is 2.18 bits per heavy atom. The molecule has 11 heavy (non-hydrogen) atoms. The normalized spacial score (nSPS) is 31.1. The first-order valence-electron chi connectivity index (χ1n) is 4.60. The molecule has 1 aliphatic rings. The Bertz CT molecular complexity index is 104. The fourth-order valence-electron chi connectivity index (χ4n) is 1.29. The first-order chi connectivity index (χ1) is 5.33. The van der Waals surface area contributed by atoms with E-state index in [-0.39, 0.29) is 6.29 Å². The molecule has 0 aromatic carbocycles. The van der Waals surface area contributed by atoms with Gasteiger partial charge >= 0.3 is 0 Å². The van der Waals surface area contributed by atoms with Crippen LogP contribution < -0.4 is 0 Å². The molecule has 0 bridgehead atoms. The molecule has 1 aliphatic heterocycles. The zero-order valence-electron chi connectivity index (χ0n) is 7.51. The van der Waals surface area contributed by atoms with Crippen molar-refractivity contribution in [1.29, 1.82) is 0 Å². The van der Waals surface area contributed by atoms with Crippen LogP contribution in [0.5, 0.6) is 0 Å². The smallest absolute Gasteiger partial charge is 0.158 e. The van der Waals surface area contributed by atoms with Gasteiger partial charge in [-0.25, -0.2) is 0 Å². The maximum absolute atomic E-state index is 5.49. The highest BCUT2D eigenvalue weighted by Crippen LogP contribution is 2.16. The van der Waals surface area contributed by atoms with Crippen LogP contribution in [0.2, 0.25) is 0 Å². The first-order valence-corrected chi connectivity index (χ1v) is 4.60. The van der Waals surface area contributed by atoms with Gasteiger partial charge in [0.2, 0.25) is 0 Å². The van der Waals surface area contributed by atoms with E-state index in [2.05, 4.69) is 13.8 Å². The Labute approximate surface area is 68.9 Å². The molecule has 1 saturated heterocycles. The number of hydrogen-bond donors (Lipinski definition) is 0. The van der Waals surface area contributed by atoms with Gasteiger partial charge in [-0.3, -0.25) is 0 Å². The van der Waals surface area contributed by atoms with Crippen LogP contribution in [0.15, 0.2) is 0 Å². The summed E-state index contributed by atoms with van der Waals surface area (Å²) in [5.74, 6) is 0. The monoisotopic (exact) mass is 158 g/mol. The van der Waals surface area contributed by atoms with E-state index in [0.29, 0.717) is 6.10 Å². The minimum Gasteiger partial charge on any atom is -0.350 e. The molecule has 1 rings (SSSR count). The third-order valence-corrected chi connectivity index (χ3v) is 1.94. The summed E-state index contributed by atoms with van der Waals surface area (Å²) in [6.45, 7) is 5.04. The minimum atomic E-state index is 0.0940. The lowest BCUT2D eigenvalue weighted by molar-refractivity contribution is -0.0603. The summed E-state index contributed by atoms with van der Waals surface area (Å²) in [6, 6.07) is 0. The second-order valence-corrected chi connectivity index (χ2v) is 3.21. The summed E-state index contributed by atoms with van der Waals surface area (Å²) >= 11 is 0. The molecule has 1 fully saturated rings. The van der Waals surface area contributed by atoms with E-state index in [9.17, 15) is 0 Å². The highest BCUT2D eigenvalue weighted by atomic mass is 16.7. The quantitative estimate of drug-likeness (QED) is 0.585. The molecule has 0 aromatic heterocycles. The van der Waals surface area contributed by atoms with Crippen LogP contribution in [0.1, 0.15) is 39.5 Å². The predicted molar refractivity (Wildman–Crippen MR) is 44.4 cm³/mol. The van der Waals surface area contributed by atoms with Crippen molar-refractivity contribution in [3.05, 3.63) is 0 Å². The average Bonchev–Trinajstić information content (AvgIpc) is 2.37. The van der Waals surface area contributed by atoms with Crippen molar-refractivity contribution in [3.8, 4) is 0 Å². The lowest BCUT2D eigenvalue weighted by atomic mass is 10.2. The van der Waals surface area contributed by atoms with Gasteiger partial charge in [0.25, 0.3) is 0 Å². The van der Waals surface area contributed by atoms with Crippen LogP contribution in [0.3, 0.4) is 0 Å². The molecule has 0 radical (unpaired) electrons. The molecule has 0 aromatic rings. The van der Waals surface area contributed by atoms with Gasteiger partial charge < -0.3 is 9.47 Å². The Balaban J connectivity index is 1.99. The van der Waals surface area contributed by atoms with Gasteiger partial charge in [-0.2, -0.15) is 0 Å². The molecule has 1 heterocycles. The van der Waals surface area contributed by atoms with Crippen LogP contribution >= 0.6 is 0 Å². The highest BCUT2D eigenvalue weighted by Gasteiger charge is 2.21. The van der Waals surface area contributed by atoms with Gasteiger partial charge in [0, 0.05) is 0 Å². The molecule has 2 heteroatoms. The third-order valence-electron chi connectivity index (χ3n) is 1.94. The van der Waals surface area contributed by atoms with Gasteiger partial charge in [-0.05, 0) is 19.8 Å². The van der Waals surface area contributed by atoms with Crippen molar-refractivity contribution in [2.45, 2.75) is 51.9 Å². The predicted octanol–water partition coefficient (Wildman–Crippen LogP) is 2.33. The Morgan fingerprint density at radius 3 is 2.73 bits per heavy atom. The van der Waals surface area contributed by atoms with Crippen molar-refractivity contribution >= 4 is 0 Å². The minimum absolute atomic E-state index is 0.0940. The third kappa shape index (κ3) is 3.21. The van der Waals surface area contributed by atoms with E-state index in [1.807, 2.05) is 0 Å². The summed E-state index contributed by atoms with van der Waals surface area (Å²) in [6.07, 6.45) is 5.25. The molecule has 0 amide bonds. The van der Waals surface area contributed by atoms with Crippen molar-refractivity contribution < 1.29 is 9.47 Å². The van der Waals surface area contributed by atoms with Crippen LogP contribution in [-0.4, -0.2) is 19.0 Å². The molecular formula is C9H18O2. The fraction of sp³-hybridized carbons (Fsp3) is 1.00. The second kappa shape index (κ2) is 4.73. The summed E-state index contributed by atoms with van der Waals surface area (Å²) in [4.78, 5) is 0. The SMILES string of the molecule is CCCCC[C@H]1OC[C@@H](C)O1. The van der Waals surface area contributed by atoms with Gasteiger partial charge in [-0.15, -0.1) is 0 Å². The maximum Gasteiger partial charge on any atom is 0.158 e. The summed E-state index contributed by atoms with van der Waals surface area (Å²) in [5, 5.41) is 0. The van der Waals surface area contributed by atoms with Crippen molar-refractivity contribution in [2.24, 2.45) is 0 Å². The Hall–Kier alpha value is -0.0800. The first kappa shape index (κ1) is 9.01. The fourth-order valence-corrected chi connectivity index (χ4v) is 1.29. The van der Waals surface area contributed by atoms with Crippen LogP contribution in [-0.2, 0) is 9.47 Å². The molecule has 0 N–H and O–H groups in total. The van der Waals surface area contributed by atoms with E-state index in [1.165, 1.54) is 19.3 Å². The Kier molecular flexibility index (Phi) is 3.87. The molecule has 66 valence electrons. The van der Waals surface area contributed by atoms with Crippen LogP contribution in [0.25, 0.3) is 0 Å². The van der Waals surface area contributed by atoms with Gasteiger partial charge in [0.15, 0.2) is 6.29 Å². The molecule has 0 saturated carbocycles. The summed E-state index contributed by atoms with van der Waals surface area (Å²) < 4.78 is 10.9. The van der Waals surface area contributed by atoms with E-state index >= 15 is 0 Å². The molecule has 2 atom stereocenters. The average molecular weight is 158 g/mol. The molecule has 2 nitrogen and oxygen atoms in total. The summed E-state index contributed by atoms with van der Waals surface area (Å²) in [5.41, 5.74) is 0. The standard InChI is InChI=1S/C9H18O2/c1-3-4-5-6-9-10-7-8(2)11-9/h8-9H,3-7H2,1-2H3/t8-,9+/m1/s1. The summed E-state index contributed by atoms with van der Waals surface area (Å²) in [7, 11) is 0. The Morgan fingerprint density at radius 1 is 1.36 bits per heavy atom. The highest BCUT2D eigenvalue weighted by molar-refractivity contribution is 4.59. The van der Waals surface area contributed by atoms with E-state index < -0.39 is 0 Å². The lowest BCUT2D eigenvalue weighted by Crippen LogP contribution is -2.08. The van der Waals surface area contributed by atoms with Crippen LogP contribution in [0, 0.1) is 0 Å². The van der Waals surface area contributed by atoms with E-state index in [4.69, 9.17) is 9.47 Å². The number of unbranched alkanes of at least 4 members (excludes halogenated alkanes) is 2. The van der Waals surface area contributed by atoms with Crippen molar-refractivity contribution in [3.63, 3.8) is 0 Å². The van der Waals surface area contributed by atoms with Gasteiger partial charge in [0.05, 0.1) is 12.7 Å². The lowest BCUT2D eigenvalue weighted by Gasteiger charge is -2.08. The second-order valence-electron chi connectivity index (χ2n) is 3.21.